The Kier molecular flexibility index (Phi) is 22.5. The van der Waals surface area contributed by atoms with Crippen molar-refractivity contribution in [2.24, 2.45) is 0 Å². The van der Waals surface area contributed by atoms with E-state index in [1.165, 1.54) is 105 Å². The van der Waals surface area contributed by atoms with Crippen LogP contribution in [0.15, 0.2) is 480 Å². The van der Waals surface area contributed by atoms with Gasteiger partial charge >= 0.3 is 0 Å². The van der Waals surface area contributed by atoms with Crippen molar-refractivity contribution in [3.05, 3.63) is 513 Å². The lowest BCUT2D eigenvalue weighted by Crippen LogP contribution is -2.15. The van der Waals surface area contributed by atoms with Gasteiger partial charge in [0.1, 0.15) is 0 Å². The predicted octanol–water partition coefficient (Wildman–Crippen LogP) is 33.8. The molecule has 6 heterocycles. The monoisotopic (exact) mass is 1830 g/mol. The van der Waals surface area contributed by atoms with E-state index >= 15 is 0 Å². The summed E-state index contributed by atoms with van der Waals surface area (Å²) in [6, 6.07) is 157. The first-order valence-electron chi connectivity index (χ1n) is 48.9. The second kappa shape index (κ2) is 36.7. The van der Waals surface area contributed by atoms with E-state index in [0.29, 0.717) is 17.5 Å². The van der Waals surface area contributed by atoms with Crippen LogP contribution < -0.4 is 0 Å². The van der Waals surface area contributed by atoms with E-state index in [0.717, 1.165) is 134 Å². The zero-order valence-corrected chi connectivity index (χ0v) is 80.1. The van der Waals surface area contributed by atoms with Gasteiger partial charge in [0.2, 0.25) is 0 Å². The summed E-state index contributed by atoms with van der Waals surface area (Å²) in [5.41, 5.74) is 43.9. The molecule has 3 aliphatic rings. The topological polar surface area (TPSA) is 116 Å². The Hall–Kier alpha value is -18.1. The Bertz CT molecular complexity index is 8790. The van der Waals surface area contributed by atoms with Crippen LogP contribution in [0.3, 0.4) is 0 Å². The van der Waals surface area contributed by atoms with Crippen molar-refractivity contribution in [1.29, 1.82) is 0 Å². The fourth-order valence-corrected chi connectivity index (χ4v) is 21.4. The highest BCUT2D eigenvalue weighted by molar-refractivity contribution is 6.04. The van der Waals surface area contributed by atoms with Crippen LogP contribution in [-0.4, -0.2) is 44.9 Å². The molecule has 0 N–H and O–H groups in total. The zero-order chi connectivity index (χ0) is 96.3. The summed E-state index contributed by atoms with van der Waals surface area (Å²) in [6.45, 7) is 14.0. The molecule has 0 fully saturated rings. The molecule has 0 amide bonds. The fourth-order valence-electron chi connectivity index (χ4n) is 21.4. The number of benzene rings is 17. The molecule has 0 saturated carbocycles. The fraction of sp³-hybridized carbons (Fsp3) is 0.0672. The molecule has 26 rings (SSSR count). The Morgan fingerprint density at radius 1 is 0.161 bits per heavy atom. The van der Waals surface area contributed by atoms with E-state index in [1.807, 2.05) is 55.0 Å². The molecule has 143 heavy (non-hydrogen) atoms. The van der Waals surface area contributed by atoms with Gasteiger partial charge in [-0.15, -0.1) is 0 Å². The van der Waals surface area contributed by atoms with E-state index in [9.17, 15) is 0 Å². The van der Waals surface area contributed by atoms with Crippen LogP contribution in [0.1, 0.15) is 74.9 Å². The smallest absolute Gasteiger partial charge is 0.160 e. The van der Waals surface area contributed by atoms with Gasteiger partial charge in [-0.05, 0) is 228 Å². The molecule has 23 aromatic rings. The molecular formula is C134H97N9. The molecule has 6 aromatic heterocycles. The van der Waals surface area contributed by atoms with Crippen molar-refractivity contribution >= 4 is 21.5 Å². The van der Waals surface area contributed by atoms with E-state index in [4.69, 9.17) is 29.9 Å². The minimum absolute atomic E-state index is 0.0413. The SMILES string of the molecule is CC1(C)c2cc(-c3cc(-c4ccc(-c5cccnc5)cc4)nc(-c4cccc(-c5ccccc5)c4)n3)ccc2-c2c1ccc1ccccc21.CC1(C)c2cc(-c3cc(-c4ccc(-c5cccnc5)cc4)nc(-c4cccc(-c5ccccc5)c4)n3)ccc2-c2ccc3ccccc3c21.CC1(C)c2ccccc2-c2cc(-c3cc(-c4ccc(-c5cccnc5)cc4)nc(-c4cccc(-c5ccccc5)c4)n3)ccc21. The number of aromatic nitrogens is 9. The lowest BCUT2D eigenvalue weighted by molar-refractivity contribution is 0.660. The number of hydrogen-bond donors (Lipinski definition) is 0. The van der Waals surface area contributed by atoms with Crippen LogP contribution in [0, 0.1) is 0 Å². The average Bonchev–Trinajstić information content (AvgIpc) is 1.57. The summed E-state index contributed by atoms with van der Waals surface area (Å²) in [4.78, 5) is 44.1. The van der Waals surface area contributed by atoms with Gasteiger partial charge < -0.3 is 0 Å². The Balaban J connectivity index is 0.000000116. The van der Waals surface area contributed by atoms with Crippen LogP contribution in [0.25, 0.3) is 223 Å². The van der Waals surface area contributed by atoms with Gasteiger partial charge in [0.25, 0.3) is 0 Å². The number of nitrogens with zero attached hydrogens (tertiary/aromatic N) is 9. The Labute approximate surface area is 833 Å². The number of fused-ring (bicyclic) bond motifs is 13. The highest BCUT2D eigenvalue weighted by Gasteiger charge is 2.40. The van der Waals surface area contributed by atoms with Crippen LogP contribution >= 0.6 is 0 Å². The highest BCUT2D eigenvalue weighted by atomic mass is 14.9. The van der Waals surface area contributed by atoms with Crippen molar-refractivity contribution in [3.8, 4) is 202 Å². The predicted molar refractivity (Wildman–Crippen MR) is 589 cm³/mol. The second-order valence-corrected chi connectivity index (χ2v) is 38.8. The van der Waals surface area contributed by atoms with Crippen molar-refractivity contribution < 1.29 is 0 Å². The highest BCUT2D eigenvalue weighted by Crippen LogP contribution is 2.56. The molecule has 9 heteroatoms. The summed E-state index contributed by atoms with van der Waals surface area (Å²) in [5.74, 6) is 2.11. The summed E-state index contributed by atoms with van der Waals surface area (Å²) in [6.07, 6.45) is 11.1. The minimum Gasteiger partial charge on any atom is -0.264 e. The van der Waals surface area contributed by atoms with E-state index in [1.54, 1.807) is 18.6 Å². The largest absolute Gasteiger partial charge is 0.264 e. The maximum atomic E-state index is 5.25. The lowest BCUT2D eigenvalue weighted by Gasteiger charge is -2.23. The zero-order valence-electron chi connectivity index (χ0n) is 80.1. The molecule has 17 aromatic carbocycles. The molecule has 678 valence electrons. The quantitative estimate of drug-likeness (QED) is 0.0989. The van der Waals surface area contributed by atoms with Gasteiger partial charge in [-0.1, -0.05) is 412 Å². The third-order valence-electron chi connectivity index (χ3n) is 29.0. The first-order chi connectivity index (χ1) is 70.1. The van der Waals surface area contributed by atoms with Gasteiger partial charge in [-0.3, -0.25) is 15.0 Å². The van der Waals surface area contributed by atoms with E-state index < -0.39 is 0 Å². The molecule has 9 nitrogen and oxygen atoms in total. The molecule has 0 radical (unpaired) electrons. The van der Waals surface area contributed by atoms with Gasteiger partial charge in [-0.2, -0.15) is 0 Å². The molecule has 0 unspecified atom stereocenters. The number of hydrogen-bond acceptors (Lipinski definition) is 9. The molecular weight excluding hydrogens is 1740 g/mol. The van der Waals surface area contributed by atoms with Crippen molar-refractivity contribution in [1.82, 2.24) is 44.9 Å². The van der Waals surface area contributed by atoms with E-state index in [2.05, 4.69) is 463 Å². The second-order valence-electron chi connectivity index (χ2n) is 38.8. The van der Waals surface area contributed by atoms with Crippen molar-refractivity contribution in [2.75, 3.05) is 0 Å². The van der Waals surface area contributed by atoms with Crippen molar-refractivity contribution in [3.63, 3.8) is 0 Å². The number of rotatable bonds is 15. The van der Waals surface area contributed by atoms with E-state index in [-0.39, 0.29) is 16.2 Å². The summed E-state index contributed by atoms with van der Waals surface area (Å²) >= 11 is 0. The van der Waals surface area contributed by atoms with Gasteiger partial charge in [-0.25, -0.2) is 29.9 Å². The van der Waals surface area contributed by atoms with Gasteiger partial charge in [0.15, 0.2) is 17.5 Å². The summed E-state index contributed by atoms with van der Waals surface area (Å²) < 4.78 is 0. The Morgan fingerprint density at radius 2 is 0.462 bits per heavy atom. The maximum absolute atomic E-state index is 5.25. The molecule has 0 atom stereocenters. The van der Waals surface area contributed by atoms with Crippen LogP contribution in [-0.2, 0) is 16.2 Å². The first-order valence-corrected chi connectivity index (χ1v) is 48.9. The molecule has 0 saturated heterocycles. The van der Waals surface area contributed by atoms with Crippen LogP contribution in [0.2, 0.25) is 0 Å². The lowest BCUT2D eigenvalue weighted by atomic mass is 9.80. The molecule has 0 aliphatic heterocycles. The molecule has 0 spiro atoms. The molecule has 0 bridgehead atoms. The normalized spacial score (nSPS) is 12.9. The molecule has 3 aliphatic carbocycles. The van der Waals surface area contributed by atoms with Gasteiger partial charge in [0.05, 0.1) is 34.2 Å². The minimum atomic E-state index is -0.160. The van der Waals surface area contributed by atoms with Gasteiger partial charge in [0, 0.05) is 103 Å². The Morgan fingerprint density at radius 3 is 0.909 bits per heavy atom. The first kappa shape index (κ1) is 87.7. The standard InChI is InChI=1S/2C46H33N3.C42H31N3/c1-46(2)41-27-35(22-23-39(41)40-24-21-32-12-6-7-16-38(32)44(40)46)43-28-42(33-19-17-31(18-20-33)37-15-9-25-47-29-37)48-45(49-43)36-14-8-13-34(26-36)30-10-4-3-5-11-30;1-46(2)40-24-22-32-12-6-7-16-38(32)44(40)39-23-21-35(27-41(39)46)43-28-42(33-19-17-31(18-20-33)37-15-9-25-47-29-37)48-45(49-43)36-14-8-13-34(26-36)30-10-4-3-5-11-30;1-42(2)37-16-7-6-15-35(37)36-25-32(21-22-38(36)42)40-26-39(30-19-17-29(18-20-30)34-14-9-23-43-27-34)44-41(45-40)33-13-8-12-31(24-33)28-10-4-3-5-11-28/h2*3-29H,1-2H3;3-27H,1-2H3. The third-order valence-corrected chi connectivity index (χ3v) is 29.0. The average molecular weight is 1830 g/mol. The third kappa shape index (κ3) is 16.7. The van der Waals surface area contributed by atoms with Crippen LogP contribution in [0.4, 0.5) is 0 Å². The summed E-state index contributed by atoms with van der Waals surface area (Å²) in [5, 5.41) is 5.17. The number of pyridine rings is 3. The summed E-state index contributed by atoms with van der Waals surface area (Å²) in [7, 11) is 0. The van der Waals surface area contributed by atoms with Crippen molar-refractivity contribution in [2.45, 2.75) is 57.8 Å². The maximum Gasteiger partial charge on any atom is 0.160 e. The van der Waals surface area contributed by atoms with Crippen LogP contribution in [0.5, 0.6) is 0 Å².